The highest BCUT2D eigenvalue weighted by Crippen LogP contribution is 2.45. The van der Waals surface area contributed by atoms with E-state index in [9.17, 15) is 14.7 Å². The average Bonchev–Trinajstić information content (AvgIpc) is 3.19. The molecule has 1 aromatic rings. The topological polar surface area (TPSA) is 66.8 Å². The molecule has 2 saturated heterocycles. The number of thioether (sulfide) groups is 1. The Hall–Kier alpha value is -1.53. The highest BCUT2D eigenvalue weighted by atomic mass is 32.2. The van der Waals surface area contributed by atoms with Crippen LogP contribution in [-0.2, 0) is 15.0 Å². The van der Waals surface area contributed by atoms with Gasteiger partial charge in [-0.05, 0) is 47.1 Å². The Labute approximate surface area is 184 Å². The summed E-state index contributed by atoms with van der Waals surface area (Å²) >= 11 is 1.72. The molecule has 2 aliphatic rings. The van der Waals surface area contributed by atoms with Crippen LogP contribution in [0.5, 0.6) is 5.75 Å². The van der Waals surface area contributed by atoms with Crippen LogP contribution in [-0.4, -0.2) is 52.6 Å². The molecule has 0 saturated carbocycles. The first kappa shape index (κ1) is 23.1. The van der Waals surface area contributed by atoms with E-state index in [1.165, 1.54) is 10.5 Å². The number of ether oxygens (including phenoxy) is 1. The lowest BCUT2D eigenvalue weighted by atomic mass is 9.72. The fraction of sp³-hybridized carbons (Fsp3) is 0.667. The van der Waals surface area contributed by atoms with Crippen LogP contribution in [0.25, 0.3) is 0 Å². The number of carbonyl (C=O) groups excluding carboxylic acids is 2. The lowest BCUT2D eigenvalue weighted by Gasteiger charge is -2.33. The van der Waals surface area contributed by atoms with Gasteiger partial charge in [0.1, 0.15) is 18.5 Å². The van der Waals surface area contributed by atoms with Gasteiger partial charge in [0.25, 0.3) is 0 Å². The van der Waals surface area contributed by atoms with E-state index in [4.69, 9.17) is 4.74 Å². The van der Waals surface area contributed by atoms with Gasteiger partial charge in [-0.2, -0.15) is 11.8 Å². The lowest BCUT2D eigenvalue weighted by molar-refractivity contribution is -0.142. The second-order valence-electron chi connectivity index (χ2n) is 10.7. The zero-order valence-corrected chi connectivity index (χ0v) is 19.7. The van der Waals surface area contributed by atoms with Gasteiger partial charge in [0, 0.05) is 12.2 Å². The Bertz CT molecular complexity index is 775. The van der Waals surface area contributed by atoms with Gasteiger partial charge < -0.3 is 9.84 Å². The molecule has 0 radical (unpaired) electrons. The van der Waals surface area contributed by atoms with Gasteiger partial charge in [-0.25, -0.2) is 0 Å². The minimum atomic E-state index is -0.904. The highest BCUT2D eigenvalue weighted by molar-refractivity contribution is 7.99. The Morgan fingerprint density at radius 2 is 1.83 bits per heavy atom. The minimum absolute atomic E-state index is 0.000774. The fourth-order valence-corrected chi connectivity index (χ4v) is 6.29. The Morgan fingerprint density at radius 3 is 2.40 bits per heavy atom. The molecule has 0 aliphatic carbocycles. The summed E-state index contributed by atoms with van der Waals surface area (Å²) in [7, 11) is 0. The number of hydrogen-bond donors (Lipinski definition) is 1. The SMILES string of the molecule is CC(C)(C)CC(C)(C)c1ccc(OCC(O)CN2C(=O)CC3(CCSC3)C2=O)cc1. The smallest absolute Gasteiger partial charge is 0.236 e. The molecule has 30 heavy (non-hydrogen) atoms. The summed E-state index contributed by atoms with van der Waals surface area (Å²) in [5.41, 5.74) is 1.01. The number of nitrogens with zero attached hydrogens (tertiary/aromatic N) is 1. The van der Waals surface area contributed by atoms with E-state index in [1.54, 1.807) is 11.8 Å². The second-order valence-corrected chi connectivity index (χ2v) is 11.8. The van der Waals surface area contributed by atoms with Crippen LogP contribution in [0.15, 0.2) is 24.3 Å². The van der Waals surface area contributed by atoms with Crippen LogP contribution in [0.4, 0.5) is 0 Å². The lowest BCUT2D eigenvalue weighted by Crippen LogP contribution is -2.41. The van der Waals surface area contributed by atoms with E-state index in [0.29, 0.717) is 11.5 Å². The van der Waals surface area contributed by atoms with Crippen molar-refractivity contribution in [3.05, 3.63) is 29.8 Å². The van der Waals surface area contributed by atoms with E-state index in [2.05, 4.69) is 46.8 Å². The third-order valence-corrected chi connectivity index (χ3v) is 7.29. The predicted octanol–water partition coefficient (Wildman–Crippen LogP) is 4.02. The summed E-state index contributed by atoms with van der Waals surface area (Å²) in [5, 5.41) is 10.4. The average molecular weight is 434 g/mol. The van der Waals surface area contributed by atoms with Crippen molar-refractivity contribution >= 4 is 23.6 Å². The summed E-state index contributed by atoms with van der Waals surface area (Å²) in [6.07, 6.45) is 1.19. The molecular weight excluding hydrogens is 398 g/mol. The second kappa shape index (κ2) is 8.54. The summed E-state index contributed by atoms with van der Waals surface area (Å²) in [5.74, 6) is 2.00. The third kappa shape index (κ3) is 5.20. The molecule has 3 rings (SSSR count). The van der Waals surface area contributed by atoms with Gasteiger partial charge in [-0.1, -0.05) is 46.8 Å². The van der Waals surface area contributed by atoms with E-state index >= 15 is 0 Å². The quantitative estimate of drug-likeness (QED) is 0.658. The van der Waals surface area contributed by atoms with Gasteiger partial charge in [0.15, 0.2) is 0 Å². The maximum Gasteiger partial charge on any atom is 0.236 e. The summed E-state index contributed by atoms with van der Waals surface area (Å²) in [6, 6.07) is 7.98. The fourth-order valence-electron chi connectivity index (χ4n) is 4.85. The van der Waals surface area contributed by atoms with Crippen LogP contribution in [0.2, 0.25) is 0 Å². The number of aliphatic hydroxyl groups is 1. The first-order chi connectivity index (χ1) is 13.9. The monoisotopic (exact) mass is 433 g/mol. The van der Waals surface area contributed by atoms with Crippen LogP contribution < -0.4 is 4.74 Å². The van der Waals surface area contributed by atoms with Gasteiger partial charge >= 0.3 is 0 Å². The molecule has 0 aromatic heterocycles. The van der Waals surface area contributed by atoms with Gasteiger partial charge in [0.05, 0.1) is 12.0 Å². The number of hydrogen-bond acceptors (Lipinski definition) is 5. The molecule has 2 heterocycles. The number of amides is 2. The van der Waals surface area contributed by atoms with Gasteiger partial charge in [0.2, 0.25) is 11.8 Å². The molecule has 1 spiro atoms. The van der Waals surface area contributed by atoms with E-state index < -0.39 is 11.5 Å². The van der Waals surface area contributed by atoms with Crippen molar-refractivity contribution in [1.29, 1.82) is 0 Å². The summed E-state index contributed by atoms with van der Waals surface area (Å²) in [6.45, 7) is 11.3. The van der Waals surface area contributed by atoms with Crippen molar-refractivity contribution in [3.8, 4) is 5.75 Å². The number of likely N-dealkylation sites (tertiary alicyclic amines) is 1. The number of rotatable bonds is 7. The third-order valence-electron chi connectivity index (χ3n) is 6.04. The number of aliphatic hydroxyl groups excluding tert-OH is 1. The molecule has 2 fully saturated rings. The van der Waals surface area contributed by atoms with Crippen molar-refractivity contribution in [2.45, 2.75) is 65.4 Å². The Balaban J connectivity index is 1.53. The zero-order valence-electron chi connectivity index (χ0n) is 18.9. The zero-order chi connectivity index (χ0) is 22.2. The minimum Gasteiger partial charge on any atom is -0.491 e. The first-order valence-electron chi connectivity index (χ1n) is 10.8. The molecule has 1 aromatic carbocycles. The van der Waals surface area contributed by atoms with Crippen molar-refractivity contribution in [1.82, 2.24) is 4.90 Å². The van der Waals surface area contributed by atoms with E-state index in [-0.39, 0.29) is 42.2 Å². The van der Waals surface area contributed by atoms with Crippen molar-refractivity contribution in [3.63, 3.8) is 0 Å². The molecule has 1 N–H and O–H groups in total. The molecule has 2 amide bonds. The molecule has 166 valence electrons. The molecule has 2 unspecified atom stereocenters. The predicted molar refractivity (Wildman–Crippen MR) is 121 cm³/mol. The van der Waals surface area contributed by atoms with Crippen LogP contribution in [0.3, 0.4) is 0 Å². The van der Waals surface area contributed by atoms with Crippen molar-refractivity contribution in [2.24, 2.45) is 10.8 Å². The van der Waals surface area contributed by atoms with Crippen LogP contribution >= 0.6 is 11.8 Å². The highest BCUT2D eigenvalue weighted by Gasteiger charge is 2.53. The summed E-state index contributed by atoms with van der Waals surface area (Å²) in [4.78, 5) is 26.3. The number of carbonyl (C=O) groups is 2. The van der Waals surface area contributed by atoms with E-state index in [0.717, 1.165) is 18.6 Å². The Kier molecular flexibility index (Phi) is 6.59. The first-order valence-corrected chi connectivity index (χ1v) is 11.9. The maximum atomic E-state index is 12.7. The molecule has 0 bridgehead atoms. The summed E-state index contributed by atoms with van der Waals surface area (Å²) < 4.78 is 5.73. The number of benzene rings is 1. The van der Waals surface area contributed by atoms with Gasteiger partial charge in [-0.15, -0.1) is 0 Å². The standard InChI is InChI=1S/C24H35NO4S/c1-22(2,3)15-23(4,5)17-6-8-19(9-7-17)29-14-18(26)13-25-20(27)12-24(21(25)28)10-11-30-16-24/h6-9,18,26H,10-16H2,1-5H3. The molecule has 5 nitrogen and oxygen atoms in total. The van der Waals surface area contributed by atoms with Crippen molar-refractivity contribution in [2.75, 3.05) is 24.7 Å². The number of imide groups is 1. The molecular formula is C24H35NO4S. The largest absolute Gasteiger partial charge is 0.491 e. The van der Waals surface area contributed by atoms with Crippen LogP contribution in [0.1, 0.15) is 59.4 Å². The normalized spacial score (nSPS) is 23.5. The molecule has 2 aliphatic heterocycles. The van der Waals surface area contributed by atoms with Crippen molar-refractivity contribution < 1.29 is 19.4 Å². The van der Waals surface area contributed by atoms with Crippen LogP contribution in [0, 0.1) is 10.8 Å². The molecule has 2 atom stereocenters. The molecule has 6 heteroatoms. The van der Waals surface area contributed by atoms with E-state index in [1.807, 2.05) is 12.1 Å². The Morgan fingerprint density at radius 1 is 1.17 bits per heavy atom. The van der Waals surface area contributed by atoms with Gasteiger partial charge in [-0.3, -0.25) is 14.5 Å². The maximum absolute atomic E-state index is 12.7. The number of β-amino-alcohol motifs (C(OH)–C–C–N with tert-alkyl or cyclic N) is 1.